The molecular formula is C72H48N2O. The Morgan fingerprint density at radius 3 is 1.39 bits per heavy atom. The number of fused-ring (bicyclic) bond motifs is 6. The van der Waals surface area contributed by atoms with Crippen LogP contribution in [0.25, 0.3) is 116 Å². The van der Waals surface area contributed by atoms with Gasteiger partial charge in [-0.1, -0.05) is 231 Å². The van der Waals surface area contributed by atoms with Crippen LogP contribution in [0.15, 0.2) is 296 Å². The molecule has 2 heterocycles. The third kappa shape index (κ3) is 7.86. The fourth-order valence-electron chi connectivity index (χ4n) is 11.2. The SMILES string of the molecule is c1ccc(-c2cccc(-c3ccccc3N(c3ccc(-c4ccc(-c5cccc6c5oc5ccccc56)cc4)cc3)c3ccc(-c4ccc(-c5ccccc5)cc4-n4c5ccccc5c5ccccc54)cc3)c2)cc1. The summed E-state index contributed by atoms with van der Waals surface area (Å²) in [6.45, 7) is 0. The van der Waals surface area contributed by atoms with Crippen LogP contribution in [0.3, 0.4) is 0 Å². The number of hydrogen-bond acceptors (Lipinski definition) is 2. The van der Waals surface area contributed by atoms with Gasteiger partial charge in [0.1, 0.15) is 11.2 Å². The van der Waals surface area contributed by atoms with Gasteiger partial charge in [-0.05, 0) is 111 Å². The second kappa shape index (κ2) is 18.6. The quantitative estimate of drug-likeness (QED) is 0.136. The molecule has 0 amide bonds. The van der Waals surface area contributed by atoms with Gasteiger partial charge in [0.05, 0.1) is 22.4 Å². The van der Waals surface area contributed by atoms with E-state index in [1.165, 1.54) is 44.1 Å². The van der Waals surface area contributed by atoms with E-state index in [2.05, 4.69) is 289 Å². The van der Waals surface area contributed by atoms with E-state index in [-0.39, 0.29) is 0 Å². The molecule has 3 heteroatoms. The highest BCUT2D eigenvalue weighted by atomic mass is 16.3. The second-order valence-electron chi connectivity index (χ2n) is 19.2. The molecule has 0 bridgehead atoms. The first-order valence-electron chi connectivity index (χ1n) is 25.6. The van der Waals surface area contributed by atoms with Gasteiger partial charge in [0.25, 0.3) is 0 Å². The number of hydrogen-bond donors (Lipinski definition) is 0. The highest BCUT2D eigenvalue weighted by Crippen LogP contribution is 2.45. The Labute approximate surface area is 436 Å². The van der Waals surface area contributed by atoms with Crippen molar-refractivity contribution in [2.75, 3.05) is 4.90 Å². The number of furan rings is 1. The first-order valence-corrected chi connectivity index (χ1v) is 25.6. The fourth-order valence-corrected chi connectivity index (χ4v) is 11.2. The van der Waals surface area contributed by atoms with Gasteiger partial charge in [0.15, 0.2) is 0 Å². The van der Waals surface area contributed by atoms with Gasteiger partial charge in [-0.2, -0.15) is 0 Å². The Morgan fingerprint density at radius 2 is 0.707 bits per heavy atom. The average molecular weight is 957 g/mol. The van der Waals surface area contributed by atoms with Crippen molar-refractivity contribution in [1.29, 1.82) is 0 Å². The number of benzene rings is 12. The van der Waals surface area contributed by atoms with Crippen molar-refractivity contribution in [3.63, 3.8) is 0 Å². The molecule has 0 atom stereocenters. The standard InChI is InChI=1S/C72H48N2O/c1-3-17-49(18-4-1)55-21-15-22-57(47-55)60-23-7-11-29-67(60)73(58-42-37-52(38-43-58)51-33-35-54(36-34-51)62-27-16-28-66-65-26-10-14-32-71(65)75-72(62)66)59-44-39-53(40-45-59)61-46-41-56(50-19-5-2-6-20-50)48-70(61)74-68-30-12-8-24-63(68)64-25-9-13-31-69(64)74/h1-48H. The lowest BCUT2D eigenvalue weighted by molar-refractivity contribution is 0.670. The van der Waals surface area contributed by atoms with Crippen molar-refractivity contribution in [2.45, 2.75) is 0 Å². The highest BCUT2D eigenvalue weighted by molar-refractivity contribution is 6.11. The van der Waals surface area contributed by atoms with Crippen molar-refractivity contribution in [1.82, 2.24) is 4.57 Å². The Kier molecular flexibility index (Phi) is 10.8. The van der Waals surface area contributed by atoms with Gasteiger partial charge in [-0.25, -0.2) is 0 Å². The van der Waals surface area contributed by atoms with Crippen LogP contribution in [0.4, 0.5) is 17.1 Å². The third-order valence-electron chi connectivity index (χ3n) is 14.8. The number of nitrogens with zero attached hydrogens (tertiary/aromatic N) is 2. The molecule has 12 aromatic carbocycles. The minimum absolute atomic E-state index is 0.906. The summed E-state index contributed by atoms with van der Waals surface area (Å²) < 4.78 is 8.86. The fraction of sp³-hybridized carbons (Fsp3) is 0. The molecule has 14 aromatic rings. The molecule has 0 aliphatic carbocycles. The van der Waals surface area contributed by atoms with Crippen LogP contribution in [-0.2, 0) is 0 Å². The van der Waals surface area contributed by atoms with E-state index >= 15 is 0 Å². The summed E-state index contributed by atoms with van der Waals surface area (Å²) in [6.07, 6.45) is 0. The smallest absolute Gasteiger partial charge is 0.143 e. The maximum atomic E-state index is 6.42. The first-order chi connectivity index (χ1) is 37.2. The van der Waals surface area contributed by atoms with E-state index in [1.807, 2.05) is 12.1 Å². The van der Waals surface area contributed by atoms with Crippen molar-refractivity contribution in [2.24, 2.45) is 0 Å². The largest absolute Gasteiger partial charge is 0.455 e. The normalized spacial score (nSPS) is 11.5. The van der Waals surface area contributed by atoms with Crippen LogP contribution >= 0.6 is 0 Å². The lowest BCUT2D eigenvalue weighted by Crippen LogP contribution is -2.11. The lowest BCUT2D eigenvalue weighted by Gasteiger charge is -2.28. The van der Waals surface area contributed by atoms with E-state index in [0.29, 0.717) is 0 Å². The summed E-state index contributed by atoms with van der Waals surface area (Å²) in [5.74, 6) is 0. The molecule has 352 valence electrons. The van der Waals surface area contributed by atoms with Crippen LogP contribution in [0.1, 0.15) is 0 Å². The molecule has 0 aliphatic heterocycles. The minimum Gasteiger partial charge on any atom is -0.455 e. The number of anilines is 3. The van der Waals surface area contributed by atoms with E-state index in [4.69, 9.17) is 4.42 Å². The molecule has 0 unspecified atom stereocenters. The molecule has 2 aromatic heterocycles. The Hall–Kier alpha value is -9.96. The van der Waals surface area contributed by atoms with E-state index in [0.717, 1.165) is 89.2 Å². The molecule has 75 heavy (non-hydrogen) atoms. The van der Waals surface area contributed by atoms with E-state index in [1.54, 1.807) is 0 Å². The first kappa shape index (κ1) is 43.8. The summed E-state index contributed by atoms with van der Waals surface area (Å²) >= 11 is 0. The average Bonchev–Trinajstić information content (AvgIpc) is 4.06. The Bertz CT molecular complexity index is 4320. The maximum absolute atomic E-state index is 6.42. The van der Waals surface area contributed by atoms with E-state index in [9.17, 15) is 0 Å². The maximum Gasteiger partial charge on any atom is 0.143 e. The lowest BCUT2D eigenvalue weighted by atomic mass is 9.96. The monoisotopic (exact) mass is 956 g/mol. The molecule has 0 radical (unpaired) electrons. The van der Waals surface area contributed by atoms with Crippen molar-refractivity contribution in [3.8, 4) is 72.4 Å². The van der Waals surface area contributed by atoms with Gasteiger partial charge < -0.3 is 13.9 Å². The molecule has 0 saturated heterocycles. The van der Waals surface area contributed by atoms with Crippen LogP contribution < -0.4 is 4.90 Å². The molecule has 14 rings (SSSR count). The molecule has 0 fully saturated rings. The Morgan fingerprint density at radius 1 is 0.267 bits per heavy atom. The van der Waals surface area contributed by atoms with Gasteiger partial charge in [-0.15, -0.1) is 0 Å². The second-order valence-corrected chi connectivity index (χ2v) is 19.2. The zero-order valence-electron chi connectivity index (χ0n) is 41.0. The number of para-hydroxylation sites is 5. The molecule has 3 nitrogen and oxygen atoms in total. The third-order valence-corrected chi connectivity index (χ3v) is 14.8. The summed E-state index contributed by atoms with van der Waals surface area (Å²) in [5.41, 5.74) is 22.3. The van der Waals surface area contributed by atoms with Crippen LogP contribution in [0, 0.1) is 0 Å². The number of rotatable bonds is 10. The molecule has 0 N–H and O–H groups in total. The van der Waals surface area contributed by atoms with Gasteiger partial charge in [0.2, 0.25) is 0 Å². The predicted molar refractivity (Wildman–Crippen MR) is 315 cm³/mol. The van der Waals surface area contributed by atoms with Crippen LogP contribution in [-0.4, -0.2) is 4.57 Å². The van der Waals surface area contributed by atoms with Crippen molar-refractivity contribution < 1.29 is 4.42 Å². The molecular weight excluding hydrogens is 909 g/mol. The molecule has 0 spiro atoms. The van der Waals surface area contributed by atoms with Crippen molar-refractivity contribution >= 4 is 60.8 Å². The topological polar surface area (TPSA) is 21.3 Å². The van der Waals surface area contributed by atoms with Crippen molar-refractivity contribution in [3.05, 3.63) is 291 Å². The van der Waals surface area contributed by atoms with Crippen LogP contribution in [0.5, 0.6) is 0 Å². The zero-order chi connectivity index (χ0) is 49.7. The minimum atomic E-state index is 0.906. The summed E-state index contributed by atoms with van der Waals surface area (Å²) in [4.78, 5) is 2.40. The van der Waals surface area contributed by atoms with Crippen LogP contribution in [0.2, 0.25) is 0 Å². The van der Waals surface area contributed by atoms with E-state index < -0.39 is 0 Å². The van der Waals surface area contributed by atoms with Gasteiger partial charge >= 0.3 is 0 Å². The summed E-state index contributed by atoms with van der Waals surface area (Å²) in [7, 11) is 0. The number of aromatic nitrogens is 1. The van der Waals surface area contributed by atoms with Gasteiger partial charge in [-0.3, -0.25) is 0 Å². The Balaban J connectivity index is 0.875. The summed E-state index contributed by atoms with van der Waals surface area (Å²) in [5, 5.41) is 4.75. The highest BCUT2D eigenvalue weighted by Gasteiger charge is 2.21. The predicted octanol–water partition coefficient (Wildman–Crippen LogP) is 20.2. The zero-order valence-corrected chi connectivity index (χ0v) is 41.0. The van der Waals surface area contributed by atoms with Gasteiger partial charge in [0, 0.05) is 49.6 Å². The summed E-state index contributed by atoms with van der Waals surface area (Å²) in [6, 6.07) is 105. The molecule has 0 aliphatic rings. The molecule has 0 saturated carbocycles.